The number of halogens is 1. The number of piperazine rings is 1. The van der Waals surface area contributed by atoms with Gasteiger partial charge in [-0.2, -0.15) is 0 Å². The lowest BCUT2D eigenvalue weighted by molar-refractivity contribution is 0.159. The average Bonchev–Trinajstić information content (AvgIpc) is 2.95. The van der Waals surface area contributed by atoms with Gasteiger partial charge < -0.3 is 4.90 Å². The minimum Gasteiger partial charge on any atom is -0.369 e. The van der Waals surface area contributed by atoms with E-state index in [1.54, 1.807) is 0 Å². The largest absolute Gasteiger partial charge is 0.369 e. The first-order valence-electron chi connectivity index (χ1n) is 11.2. The molecule has 1 saturated heterocycles. The van der Waals surface area contributed by atoms with Crippen LogP contribution in [0.3, 0.4) is 0 Å². The van der Waals surface area contributed by atoms with Crippen molar-refractivity contribution in [1.29, 1.82) is 0 Å². The van der Waals surface area contributed by atoms with Crippen LogP contribution in [0.15, 0.2) is 59.9 Å². The molecule has 0 radical (unpaired) electrons. The molecule has 0 amide bonds. The summed E-state index contributed by atoms with van der Waals surface area (Å²) in [5, 5.41) is 0.194. The standard InChI is InChI=1S/C23H35ClN2.C2H6/c1-3-5-10-21(9-4-2)11-6-7-16-25-17-19-26(20-18-25)23-13-8-12-22(24)14-15-23;1-2/h3-5,9-10,13-15,22H,6-8,11-12,16-20H2,1-2H3;1-2H3/b5-3-,9-4-,21-10+;. The van der Waals surface area contributed by atoms with Crippen LogP contribution in [0.25, 0.3) is 0 Å². The Morgan fingerprint density at radius 3 is 2.54 bits per heavy atom. The van der Waals surface area contributed by atoms with Crippen molar-refractivity contribution in [2.75, 3.05) is 32.7 Å². The molecule has 158 valence electrons. The van der Waals surface area contributed by atoms with Gasteiger partial charge in [-0.3, -0.25) is 4.90 Å². The normalized spacial score (nSPS) is 21.6. The summed E-state index contributed by atoms with van der Waals surface area (Å²) >= 11 is 6.23. The molecule has 0 aromatic carbocycles. The zero-order valence-corrected chi connectivity index (χ0v) is 19.3. The quantitative estimate of drug-likeness (QED) is 0.251. The van der Waals surface area contributed by atoms with Gasteiger partial charge in [0.05, 0.1) is 5.38 Å². The molecule has 1 atom stereocenters. The predicted molar refractivity (Wildman–Crippen MR) is 127 cm³/mol. The molecular formula is C25H41ClN2. The molecule has 2 rings (SSSR count). The van der Waals surface area contributed by atoms with E-state index in [4.69, 9.17) is 11.6 Å². The summed E-state index contributed by atoms with van der Waals surface area (Å²) in [6, 6.07) is 0. The summed E-state index contributed by atoms with van der Waals surface area (Å²) in [6.45, 7) is 14.0. The van der Waals surface area contributed by atoms with Crippen molar-refractivity contribution >= 4 is 11.6 Å². The van der Waals surface area contributed by atoms with Crippen molar-refractivity contribution in [2.45, 2.75) is 65.2 Å². The van der Waals surface area contributed by atoms with Crippen molar-refractivity contribution < 1.29 is 0 Å². The zero-order chi connectivity index (χ0) is 20.6. The summed E-state index contributed by atoms with van der Waals surface area (Å²) < 4.78 is 0. The van der Waals surface area contributed by atoms with Gasteiger partial charge in [0, 0.05) is 31.9 Å². The SMILES string of the molecule is CC.C\C=C/C=C(\C=C/C)CCCCN1CCN(C2=CCCC(Cl)C=C2)CC1. The number of alkyl halides is 1. The molecule has 0 N–H and O–H groups in total. The second kappa shape index (κ2) is 15.6. The second-order valence-electron chi connectivity index (χ2n) is 7.13. The van der Waals surface area contributed by atoms with Gasteiger partial charge in [0.2, 0.25) is 0 Å². The maximum absolute atomic E-state index is 6.23. The van der Waals surface area contributed by atoms with Crippen LogP contribution in [-0.4, -0.2) is 47.9 Å². The number of hydrogen-bond donors (Lipinski definition) is 0. The monoisotopic (exact) mass is 404 g/mol. The molecule has 0 aromatic heterocycles. The molecular weight excluding hydrogens is 364 g/mol. The Bertz CT molecular complexity index is 549. The van der Waals surface area contributed by atoms with E-state index in [9.17, 15) is 0 Å². The van der Waals surface area contributed by atoms with E-state index in [0.29, 0.717) is 0 Å². The maximum Gasteiger partial charge on any atom is 0.0522 e. The Balaban J connectivity index is 0.00000190. The highest BCUT2D eigenvalue weighted by Crippen LogP contribution is 2.19. The molecule has 0 bridgehead atoms. The Kier molecular flexibility index (Phi) is 13.9. The highest BCUT2D eigenvalue weighted by molar-refractivity contribution is 6.21. The van der Waals surface area contributed by atoms with E-state index >= 15 is 0 Å². The molecule has 1 fully saturated rings. The molecule has 2 nitrogen and oxygen atoms in total. The predicted octanol–water partition coefficient (Wildman–Crippen LogP) is 6.72. The van der Waals surface area contributed by atoms with Crippen LogP contribution in [0.2, 0.25) is 0 Å². The van der Waals surface area contributed by atoms with E-state index < -0.39 is 0 Å². The fourth-order valence-electron chi connectivity index (χ4n) is 3.54. The molecule has 1 aliphatic heterocycles. The van der Waals surface area contributed by atoms with Gasteiger partial charge >= 0.3 is 0 Å². The Labute approximate surface area is 179 Å². The zero-order valence-electron chi connectivity index (χ0n) is 18.5. The van der Waals surface area contributed by atoms with Gasteiger partial charge in [0.15, 0.2) is 0 Å². The first-order chi connectivity index (χ1) is 13.7. The number of rotatable bonds is 8. The summed E-state index contributed by atoms with van der Waals surface area (Å²) in [7, 11) is 0. The minimum absolute atomic E-state index is 0.194. The van der Waals surface area contributed by atoms with Crippen LogP contribution in [0.4, 0.5) is 0 Å². The first kappa shape index (κ1) is 24.8. The third-order valence-corrected chi connectivity index (χ3v) is 5.45. The Morgan fingerprint density at radius 1 is 1.11 bits per heavy atom. The Morgan fingerprint density at radius 2 is 1.86 bits per heavy atom. The molecule has 1 unspecified atom stereocenters. The lowest BCUT2D eigenvalue weighted by atomic mass is 10.1. The number of allylic oxidation sites excluding steroid dienone is 9. The molecule has 3 heteroatoms. The van der Waals surface area contributed by atoms with Crippen molar-refractivity contribution in [3.05, 3.63) is 59.9 Å². The first-order valence-corrected chi connectivity index (χ1v) is 11.6. The number of nitrogens with zero attached hydrogens (tertiary/aromatic N) is 2. The summed E-state index contributed by atoms with van der Waals surface area (Å²) in [4.78, 5) is 5.14. The molecule has 1 heterocycles. The van der Waals surface area contributed by atoms with Crippen LogP contribution < -0.4 is 0 Å². The molecule has 0 spiro atoms. The fourth-order valence-corrected chi connectivity index (χ4v) is 3.74. The minimum atomic E-state index is 0.194. The molecule has 0 aromatic rings. The maximum atomic E-state index is 6.23. The van der Waals surface area contributed by atoms with Crippen molar-refractivity contribution in [1.82, 2.24) is 9.80 Å². The topological polar surface area (TPSA) is 6.48 Å². The third-order valence-electron chi connectivity index (χ3n) is 5.08. The third kappa shape index (κ3) is 9.80. The van der Waals surface area contributed by atoms with Gasteiger partial charge in [-0.15, -0.1) is 11.6 Å². The van der Waals surface area contributed by atoms with Crippen LogP contribution in [0, 0.1) is 0 Å². The van der Waals surface area contributed by atoms with Gasteiger partial charge in [0.25, 0.3) is 0 Å². The lowest BCUT2D eigenvalue weighted by Gasteiger charge is -2.36. The van der Waals surface area contributed by atoms with E-state index in [2.05, 4.69) is 72.3 Å². The molecule has 28 heavy (non-hydrogen) atoms. The van der Waals surface area contributed by atoms with Crippen LogP contribution in [0.1, 0.15) is 59.8 Å². The number of unbranched alkanes of at least 4 members (excludes halogenated alkanes) is 1. The van der Waals surface area contributed by atoms with Crippen LogP contribution >= 0.6 is 11.6 Å². The van der Waals surface area contributed by atoms with E-state index in [0.717, 1.165) is 25.9 Å². The van der Waals surface area contributed by atoms with Gasteiger partial charge in [0.1, 0.15) is 0 Å². The molecule has 0 saturated carbocycles. The van der Waals surface area contributed by atoms with Crippen molar-refractivity contribution in [2.24, 2.45) is 0 Å². The van der Waals surface area contributed by atoms with E-state index in [1.165, 1.54) is 50.2 Å². The highest BCUT2D eigenvalue weighted by Gasteiger charge is 2.18. The lowest BCUT2D eigenvalue weighted by Crippen LogP contribution is -2.45. The van der Waals surface area contributed by atoms with E-state index in [1.807, 2.05) is 13.8 Å². The summed E-state index contributed by atoms with van der Waals surface area (Å²) in [5.41, 5.74) is 2.80. The summed E-state index contributed by atoms with van der Waals surface area (Å²) in [5.74, 6) is 0. The van der Waals surface area contributed by atoms with Crippen LogP contribution in [-0.2, 0) is 0 Å². The van der Waals surface area contributed by atoms with Crippen molar-refractivity contribution in [3.8, 4) is 0 Å². The second-order valence-corrected chi connectivity index (χ2v) is 7.70. The fraction of sp³-hybridized carbons (Fsp3) is 0.600. The number of hydrogen-bond acceptors (Lipinski definition) is 2. The smallest absolute Gasteiger partial charge is 0.0522 e. The summed E-state index contributed by atoms with van der Waals surface area (Å²) in [6.07, 6.45) is 23.4. The van der Waals surface area contributed by atoms with Gasteiger partial charge in [-0.05, 0) is 64.1 Å². The Hall–Kier alpha value is -1.25. The molecule has 2 aliphatic rings. The van der Waals surface area contributed by atoms with Gasteiger partial charge in [-0.25, -0.2) is 0 Å². The molecule has 1 aliphatic carbocycles. The van der Waals surface area contributed by atoms with E-state index in [-0.39, 0.29) is 5.38 Å². The van der Waals surface area contributed by atoms with Crippen molar-refractivity contribution in [3.63, 3.8) is 0 Å². The van der Waals surface area contributed by atoms with Crippen LogP contribution in [0.5, 0.6) is 0 Å². The van der Waals surface area contributed by atoms with Gasteiger partial charge in [-0.1, -0.05) is 56.4 Å². The average molecular weight is 405 g/mol. The highest BCUT2D eigenvalue weighted by atomic mass is 35.5.